The predicted octanol–water partition coefficient (Wildman–Crippen LogP) is 2.65. The van der Waals surface area contributed by atoms with Gasteiger partial charge in [-0.15, -0.1) is 11.6 Å². The van der Waals surface area contributed by atoms with Crippen LogP contribution >= 0.6 is 11.6 Å². The molecular formula is C9H13ClN2. The fourth-order valence-corrected chi connectivity index (χ4v) is 1.13. The number of halogens is 1. The Morgan fingerprint density at radius 2 is 2.08 bits per heavy atom. The molecule has 0 bridgehead atoms. The number of nitrogens with zero attached hydrogens (tertiary/aromatic N) is 2. The van der Waals surface area contributed by atoms with Crippen molar-refractivity contribution >= 4 is 11.6 Å². The average molecular weight is 185 g/mol. The molecule has 0 aromatic carbocycles. The standard InChI is InChI=1S/C9H13ClN2/c1-6(2)8-4-7(3)11-9(5-10)12-8/h4,6H,5H2,1-3H3. The third kappa shape index (κ3) is 2.18. The van der Waals surface area contributed by atoms with E-state index in [0.29, 0.717) is 11.8 Å². The zero-order valence-corrected chi connectivity index (χ0v) is 8.39. The molecule has 0 atom stereocenters. The molecule has 0 aliphatic carbocycles. The van der Waals surface area contributed by atoms with Gasteiger partial charge in [-0.25, -0.2) is 9.97 Å². The Morgan fingerprint density at radius 1 is 1.42 bits per heavy atom. The molecule has 66 valence electrons. The van der Waals surface area contributed by atoms with Gasteiger partial charge in [-0.3, -0.25) is 0 Å². The van der Waals surface area contributed by atoms with Crippen molar-refractivity contribution in [1.29, 1.82) is 0 Å². The Hall–Kier alpha value is -0.630. The molecular weight excluding hydrogens is 172 g/mol. The van der Waals surface area contributed by atoms with Crippen molar-refractivity contribution in [2.24, 2.45) is 0 Å². The summed E-state index contributed by atoms with van der Waals surface area (Å²) in [6.45, 7) is 6.18. The third-order valence-electron chi connectivity index (χ3n) is 1.63. The summed E-state index contributed by atoms with van der Waals surface area (Å²) in [4.78, 5) is 8.50. The molecule has 0 radical (unpaired) electrons. The van der Waals surface area contributed by atoms with Crippen molar-refractivity contribution in [3.63, 3.8) is 0 Å². The summed E-state index contributed by atoms with van der Waals surface area (Å²) in [7, 11) is 0. The van der Waals surface area contributed by atoms with Crippen LogP contribution in [0.4, 0.5) is 0 Å². The van der Waals surface area contributed by atoms with E-state index in [-0.39, 0.29) is 0 Å². The van der Waals surface area contributed by atoms with Crippen LogP contribution < -0.4 is 0 Å². The highest BCUT2D eigenvalue weighted by Crippen LogP contribution is 2.12. The Morgan fingerprint density at radius 3 is 2.58 bits per heavy atom. The largest absolute Gasteiger partial charge is 0.237 e. The van der Waals surface area contributed by atoms with Crippen LogP contribution in [0, 0.1) is 6.92 Å². The molecule has 1 aromatic heterocycles. The molecule has 0 saturated heterocycles. The van der Waals surface area contributed by atoms with Crippen molar-refractivity contribution in [3.05, 3.63) is 23.3 Å². The molecule has 3 heteroatoms. The van der Waals surface area contributed by atoms with E-state index in [4.69, 9.17) is 11.6 Å². The number of hydrogen-bond acceptors (Lipinski definition) is 2. The summed E-state index contributed by atoms with van der Waals surface area (Å²) in [5, 5.41) is 0. The van der Waals surface area contributed by atoms with E-state index in [1.165, 1.54) is 0 Å². The van der Waals surface area contributed by atoms with Crippen LogP contribution in [0.25, 0.3) is 0 Å². The first-order chi connectivity index (χ1) is 5.63. The minimum atomic E-state index is 0.390. The number of rotatable bonds is 2. The summed E-state index contributed by atoms with van der Waals surface area (Å²) in [5.74, 6) is 1.55. The van der Waals surface area contributed by atoms with Gasteiger partial charge in [0.2, 0.25) is 0 Å². The lowest BCUT2D eigenvalue weighted by Crippen LogP contribution is -2.00. The molecule has 0 unspecified atom stereocenters. The van der Waals surface area contributed by atoms with Gasteiger partial charge in [-0.2, -0.15) is 0 Å². The molecule has 0 amide bonds. The molecule has 0 aliphatic rings. The maximum absolute atomic E-state index is 5.65. The molecule has 0 saturated carbocycles. The van der Waals surface area contributed by atoms with Crippen molar-refractivity contribution in [2.75, 3.05) is 0 Å². The number of alkyl halides is 1. The lowest BCUT2D eigenvalue weighted by Gasteiger charge is -2.06. The van der Waals surface area contributed by atoms with Crippen molar-refractivity contribution in [1.82, 2.24) is 9.97 Å². The van der Waals surface area contributed by atoms with Crippen molar-refractivity contribution in [3.8, 4) is 0 Å². The van der Waals surface area contributed by atoms with Crippen LogP contribution in [0.5, 0.6) is 0 Å². The molecule has 12 heavy (non-hydrogen) atoms. The lowest BCUT2D eigenvalue weighted by atomic mass is 10.1. The third-order valence-corrected chi connectivity index (χ3v) is 1.87. The zero-order chi connectivity index (χ0) is 9.14. The van der Waals surface area contributed by atoms with Crippen molar-refractivity contribution in [2.45, 2.75) is 32.6 Å². The molecule has 0 N–H and O–H groups in total. The van der Waals surface area contributed by atoms with Gasteiger partial charge in [0.25, 0.3) is 0 Å². The molecule has 1 rings (SSSR count). The van der Waals surface area contributed by atoms with Gasteiger partial charge < -0.3 is 0 Å². The Bertz CT molecular complexity index is 271. The fraction of sp³-hybridized carbons (Fsp3) is 0.556. The number of aryl methyl sites for hydroxylation is 1. The number of aromatic nitrogens is 2. The second-order valence-electron chi connectivity index (χ2n) is 3.14. The maximum Gasteiger partial charge on any atom is 0.143 e. The van der Waals surface area contributed by atoms with Gasteiger partial charge in [0.05, 0.1) is 5.88 Å². The lowest BCUT2D eigenvalue weighted by molar-refractivity contribution is 0.792. The van der Waals surface area contributed by atoms with Gasteiger partial charge in [0.15, 0.2) is 0 Å². The summed E-state index contributed by atoms with van der Waals surface area (Å²) in [6.07, 6.45) is 0. The first-order valence-electron chi connectivity index (χ1n) is 4.04. The Labute approximate surface area is 78.0 Å². The fourth-order valence-electron chi connectivity index (χ4n) is 1.01. The highest BCUT2D eigenvalue weighted by atomic mass is 35.5. The van der Waals surface area contributed by atoms with Crippen molar-refractivity contribution < 1.29 is 0 Å². The summed E-state index contributed by atoms with van der Waals surface area (Å²) in [6, 6.07) is 2.00. The van der Waals surface area contributed by atoms with Gasteiger partial charge in [-0.05, 0) is 18.9 Å². The monoisotopic (exact) mass is 184 g/mol. The van der Waals surface area contributed by atoms with Crippen LogP contribution in [0.2, 0.25) is 0 Å². The zero-order valence-electron chi connectivity index (χ0n) is 7.63. The Kier molecular flexibility index (Phi) is 3.04. The van der Waals surface area contributed by atoms with Gasteiger partial charge in [0.1, 0.15) is 5.82 Å². The van der Waals surface area contributed by atoms with Crippen LogP contribution in [0.3, 0.4) is 0 Å². The molecule has 0 aliphatic heterocycles. The molecule has 0 spiro atoms. The van der Waals surface area contributed by atoms with Gasteiger partial charge >= 0.3 is 0 Å². The summed E-state index contributed by atoms with van der Waals surface area (Å²) in [5.41, 5.74) is 2.06. The van der Waals surface area contributed by atoms with E-state index >= 15 is 0 Å². The smallest absolute Gasteiger partial charge is 0.143 e. The van der Waals surface area contributed by atoms with Crippen LogP contribution in [-0.2, 0) is 5.88 Å². The highest BCUT2D eigenvalue weighted by molar-refractivity contribution is 6.16. The van der Waals surface area contributed by atoms with E-state index in [1.54, 1.807) is 0 Å². The van der Waals surface area contributed by atoms with E-state index in [9.17, 15) is 0 Å². The average Bonchev–Trinajstić information content (AvgIpc) is 2.03. The SMILES string of the molecule is Cc1cc(C(C)C)nc(CCl)n1. The minimum absolute atomic E-state index is 0.390. The maximum atomic E-state index is 5.65. The first-order valence-corrected chi connectivity index (χ1v) is 4.57. The Balaban J connectivity index is 3.06. The van der Waals surface area contributed by atoms with Crippen LogP contribution in [-0.4, -0.2) is 9.97 Å². The van der Waals surface area contributed by atoms with Crippen LogP contribution in [0.1, 0.15) is 37.0 Å². The van der Waals surface area contributed by atoms with E-state index in [1.807, 2.05) is 13.0 Å². The highest BCUT2D eigenvalue weighted by Gasteiger charge is 2.04. The molecule has 0 fully saturated rings. The normalized spacial score (nSPS) is 10.8. The van der Waals surface area contributed by atoms with Crippen LogP contribution in [0.15, 0.2) is 6.07 Å². The minimum Gasteiger partial charge on any atom is -0.237 e. The second kappa shape index (κ2) is 3.85. The predicted molar refractivity (Wildman–Crippen MR) is 50.4 cm³/mol. The molecule has 1 aromatic rings. The van der Waals surface area contributed by atoms with E-state index in [2.05, 4.69) is 23.8 Å². The van der Waals surface area contributed by atoms with Gasteiger partial charge in [-0.1, -0.05) is 13.8 Å². The quantitative estimate of drug-likeness (QED) is 0.661. The summed E-state index contributed by atoms with van der Waals surface area (Å²) < 4.78 is 0. The van der Waals surface area contributed by atoms with Gasteiger partial charge in [0, 0.05) is 11.4 Å². The van der Waals surface area contributed by atoms with E-state index in [0.717, 1.165) is 17.2 Å². The topological polar surface area (TPSA) is 25.8 Å². The first kappa shape index (κ1) is 9.46. The summed E-state index contributed by atoms with van der Waals surface area (Å²) >= 11 is 5.65. The second-order valence-corrected chi connectivity index (χ2v) is 3.41. The number of hydrogen-bond donors (Lipinski definition) is 0. The molecule has 1 heterocycles. The molecule has 2 nitrogen and oxygen atoms in total. The van der Waals surface area contributed by atoms with E-state index < -0.39 is 0 Å².